The van der Waals surface area contributed by atoms with Crippen LogP contribution < -0.4 is 20.7 Å². The first-order valence-corrected chi connectivity index (χ1v) is 13.0. The third kappa shape index (κ3) is 6.96. The Hall–Kier alpha value is -4.68. The van der Waals surface area contributed by atoms with E-state index in [0.717, 1.165) is 0 Å². The van der Waals surface area contributed by atoms with Crippen molar-refractivity contribution in [3.8, 4) is 5.75 Å². The van der Waals surface area contributed by atoms with Gasteiger partial charge in [0.1, 0.15) is 17.5 Å². The summed E-state index contributed by atoms with van der Waals surface area (Å²) >= 11 is 0. The summed E-state index contributed by atoms with van der Waals surface area (Å²) in [5, 5.41) is 6.76. The molecule has 42 heavy (non-hydrogen) atoms. The Kier molecular flexibility index (Phi) is 9.60. The van der Waals surface area contributed by atoms with Crippen molar-refractivity contribution in [3.63, 3.8) is 0 Å². The molecule has 3 N–H and O–H groups in total. The van der Waals surface area contributed by atoms with Crippen LogP contribution in [-0.4, -0.2) is 49.0 Å². The Morgan fingerprint density at radius 1 is 0.833 bits per heavy atom. The third-order valence-electron chi connectivity index (χ3n) is 6.87. The molecule has 0 unspecified atom stereocenters. The second-order valence-corrected chi connectivity index (χ2v) is 9.60. The number of urea groups is 1. The molecule has 1 saturated heterocycles. The monoisotopic (exact) mass is 590 g/mol. The van der Waals surface area contributed by atoms with Crippen LogP contribution in [0.1, 0.15) is 18.4 Å². The molecule has 4 amide bonds. The smallest absolute Gasteiger partial charge is 0.320 e. The molecule has 13 heteroatoms. The van der Waals surface area contributed by atoms with E-state index >= 15 is 0 Å². The summed E-state index contributed by atoms with van der Waals surface area (Å²) in [6.45, 7) is 0.373. The number of piperidine rings is 1. The molecule has 0 aliphatic carbocycles. The minimum Gasteiger partial charge on any atom is -0.497 e. The summed E-state index contributed by atoms with van der Waals surface area (Å²) in [5.41, 5.74) is -0.314. The first-order chi connectivity index (χ1) is 20.1. The minimum atomic E-state index is -2.37. The molecule has 3 aromatic rings. The zero-order valence-electron chi connectivity index (χ0n) is 22.4. The van der Waals surface area contributed by atoms with Crippen LogP contribution in [0.3, 0.4) is 0 Å². The summed E-state index contributed by atoms with van der Waals surface area (Å²) in [7, 11) is 1.53. The number of carbonyl (C=O) groups excluding carboxylic acids is 3. The third-order valence-corrected chi connectivity index (χ3v) is 6.87. The lowest BCUT2D eigenvalue weighted by molar-refractivity contribution is -0.136. The van der Waals surface area contributed by atoms with E-state index in [1.807, 2.05) is 0 Å². The van der Waals surface area contributed by atoms with Gasteiger partial charge in [0.05, 0.1) is 7.11 Å². The molecule has 0 saturated carbocycles. The number of methoxy groups -OCH3 is 1. The molecular weight excluding hydrogens is 563 g/mol. The molecule has 222 valence electrons. The number of likely N-dealkylation sites (tertiary alicyclic amines) is 1. The summed E-state index contributed by atoms with van der Waals surface area (Å²) in [6, 6.07) is 12.8. The van der Waals surface area contributed by atoms with Crippen LogP contribution in [0.4, 0.5) is 38.1 Å². The largest absolute Gasteiger partial charge is 0.497 e. The number of carbonyl (C=O) groups is 3. The molecule has 1 fully saturated rings. The SMILES string of the molecule is COc1ccc(NC(=O)C2CCN(C(=O)[C@@H](Cc3ccccc3)NC(=O)Nc3c(F)c(F)c(F)c(F)c3F)CC2)cc1. The maximum absolute atomic E-state index is 14.1. The van der Waals surface area contributed by atoms with Crippen LogP contribution in [0.15, 0.2) is 54.6 Å². The number of rotatable bonds is 8. The predicted octanol–water partition coefficient (Wildman–Crippen LogP) is 5.00. The molecular formula is C29H27F5N4O4. The van der Waals surface area contributed by atoms with E-state index < -0.39 is 52.8 Å². The highest BCUT2D eigenvalue weighted by Gasteiger charge is 2.33. The lowest BCUT2D eigenvalue weighted by Gasteiger charge is -2.34. The van der Waals surface area contributed by atoms with Crippen molar-refractivity contribution in [2.75, 3.05) is 30.8 Å². The van der Waals surface area contributed by atoms with Gasteiger partial charge in [-0.2, -0.15) is 0 Å². The van der Waals surface area contributed by atoms with Crippen LogP contribution in [0.25, 0.3) is 0 Å². The summed E-state index contributed by atoms with van der Waals surface area (Å²) in [5.74, 6) is -11.7. The molecule has 4 rings (SSSR count). The average molecular weight is 591 g/mol. The zero-order chi connectivity index (χ0) is 30.4. The maximum atomic E-state index is 14.1. The molecule has 1 atom stereocenters. The average Bonchev–Trinajstić information content (AvgIpc) is 3.01. The van der Waals surface area contributed by atoms with E-state index in [2.05, 4.69) is 10.6 Å². The van der Waals surface area contributed by atoms with E-state index in [4.69, 9.17) is 4.74 Å². The van der Waals surface area contributed by atoms with Crippen LogP contribution in [-0.2, 0) is 16.0 Å². The summed E-state index contributed by atoms with van der Waals surface area (Å²) in [6.07, 6.45) is 0.646. The van der Waals surface area contributed by atoms with Gasteiger partial charge in [-0.05, 0) is 42.7 Å². The Labute approximate surface area is 237 Å². The van der Waals surface area contributed by atoms with Gasteiger partial charge < -0.3 is 25.6 Å². The fourth-order valence-corrected chi connectivity index (χ4v) is 4.57. The highest BCUT2D eigenvalue weighted by atomic mass is 19.2. The lowest BCUT2D eigenvalue weighted by atomic mass is 9.94. The van der Waals surface area contributed by atoms with E-state index in [9.17, 15) is 36.3 Å². The number of anilines is 2. The first-order valence-electron chi connectivity index (χ1n) is 13.0. The van der Waals surface area contributed by atoms with Crippen molar-refractivity contribution in [3.05, 3.63) is 89.2 Å². The minimum absolute atomic E-state index is 0.0257. The molecule has 0 radical (unpaired) electrons. The number of halogens is 5. The van der Waals surface area contributed by atoms with Gasteiger partial charge in [-0.25, -0.2) is 26.7 Å². The van der Waals surface area contributed by atoms with E-state index in [1.54, 1.807) is 59.9 Å². The number of hydrogen-bond acceptors (Lipinski definition) is 4. The summed E-state index contributed by atoms with van der Waals surface area (Å²) < 4.78 is 73.8. The van der Waals surface area contributed by atoms with Crippen LogP contribution in [0.2, 0.25) is 0 Å². The fourth-order valence-electron chi connectivity index (χ4n) is 4.57. The molecule has 1 aliphatic heterocycles. The van der Waals surface area contributed by atoms with Crippen LogP contribution in [0, 0.1) is 35.0 Å². The molecule has 0 spiro atoms. The second-order valence-electron chi connectivity index (χ2n) is 9.60. The highest BCUT2D eigenvalue weighted by Crippen LogP contribution is 2.27. The number of nitrogens with one attached hydrogen (secondary N) is 3. The van der Waals surface area contributed by atoms with Crippen LogP contribution >= 0.6 is 0 Å². The molecule has 0 bridgehead atoms. The van der Waals surface area contributed by atoms with E-state index in [0.29, 0.717) is 29.8 Å². The quantitative estimate of drug-likeness (QED) is 0.195. The standard InChI is InChI=1S/C29H27F5N4O4/c1-42-19-9-7-18(8-10-19)35-27(39)17-11-13-38(14-12-17)28(40)20(15-16-5-3-2-4-6-16)36-29(41)37-26-24(33)22(31)21(30)23(32)25(26)34/h2-10,17,20H,11-15H2,1H3,(H,35,39)(H2,36,37,41)/t20-/m1/s1. The van der Waals surface area contributed by atoms with Crippen molar-refractivity contribution >= 4 is 29.2 Å². The number of ether oxygens (including phenoxy) is 1. The molecule has 0 aromatic heterocycles. The van der Waals surface area contributed by atoms with E-state index in [-0.39, 0.29) is 31.3 Å². The van der Waals surface area contributed by atoms with Gasteiger partial charge in [-0.1, -0.05) is 30.3 Å². The normalized spacial score (nSPS) is 14.2. The fraction of sp³-hybridized carbons (Fsp3) is 0.276. The van der Waals surface area contributed by atoms with Gasteiger partial charge in [0.15, 0.2) is 23.3 Å². The molecule has 1 heterocycles. The van der Waals surface area contributed by atoms with Crippen molar-refractivity contribution in [1.29, 1.82) is 0 Å². The molecule has 1 aliphatic rings. The number of benzene rings is 3. The number of amides is 4. The molecule has 8 nitrogen and oxygen atoms in total. The Morgan fingerprint density at radius 3 is 1.98 bits per heavy atom. The van der Waals surface area contributed by atoms with Crippen molar-refractivity contribution in [2.45, 2.75) is 25.3 Å². The van der Waals surface area contributed by atoms with Gasteiger partial charge in [0.25, 0.3) is 0 Å². The Bertz CT molecular complexity index is 1420. The number of nitrogens with zero attached hydrogens (tertiary/aromatic N) is 1. The van der Waals surface area contributed by atoms with Crippen LogP contribution in [0.5, 0.6) is 5.75 Å². The van der Waals surface area contributed by atoms with Crippen molar-refractivity contribution in [1.82, 2.24) is 10.2 Å². The van der Waals surface area contributed by atoms with E-state index in [1.165, 1.54) is 12.0 Å². The van der Waals surface area contributed by atoms with Gasteiger partial charge in [-0.3, -0.25) is 9.59 Å². The van der Waals surface area contributed by atoms with Gasteiger partial charge in [-0.15, -0.1) is 0 Å². The topological polar surface area (TPSA) is 99.8 Å². The number of hydrogen-bond donors (Lipinski definition) is 3. The van der Waals surface area contributed by atoms with Gasteiger partial charge >= 0.3 is 6.03 Å². The Balaban J connectivity index is 1.42. The molecule has 3 aromatic carbocycles. The van der Waals surface area contributed by atoms with Crippen molar-refractivity contribution < 1.29 is 41.1 Å². The van der Waals surface area contributed by atoms with Gasteiger partial charge in [0.2, 0.25) is 17.6 Å². The summed E-state index contributed by atoms with van der Waals surface area (Å²) in [4.78, 5) is 40.3. The highest BCUT2D eigenvalue weighted by molar-refractivity contribution is 5.95. The van der Waals surface area contributed by atoms with Crippen molar-refractivity contribution in [2.24, 2.45) is 5.92 Å². The Morgan fingerprint density at radius 2 is 1.40 bits per heavy atom. The first kappa shape index (κ1) is 30.3. The zero-order valence-corrected chi connectivity index (χ0v) is 22.4. The van der Waals surface area contributed by atoms with Gasteiger partial charge in [0, 0.05) is 31.1 Å². The maximum Gasteiger partial charge on any atom is 0.320 e. The lowest BCUT2D eigenvalue weighted by Crippen LogP contribution is -2.53. The second kappa shape index (κ2) is 13.3. The predicted molar refractivity (Wildman–Crippen MR) is 143 cm³/mol.